The zero-order valence-electron chi connectivity index (χ0n) is 8.85. The first-order chi connectivity index (χ1) is 6.09. The topological polar surface area (TPSA) is 24.9 Å². The maximum atomic E-state index is 4.46. The molecule has 2 nitrogen and oxygen atoms in total. The van der Waals surface area contributed by atoms with Gasteiger partial charge in [0.25, 0.3) is 0 Å². The number of thiazole rings is 1. The molecule has 1 aromatic rings. The quantitative estimate of drug-likeness (QED) is 0.804. The van der Waals surface area contributed by atoms with Crippen LogP contribution in [0.3, 0.4) is 0 Å². The monoisotopic (exact) mass is 198 g/mol. The van der Waals surface area contributed by atoms with E-state index >= 15 is 0 Å². The molecule has 0 atom stereocenters. The van der Waals surface area contributed by atoms with Crippen LogP contribution in [0.5, 0.6) is 0 Å². The molecule has 0 spiro atoms. The Morgan fingerprint density at radius 2 is 2.08 bits per heavy atom. The van der Waals surface area contributed by atoms with Crippen LogP contribution in [0.4, 0.5) is 0 Å². The first kappa shape index (κ1) is 10.7. The predicted molar refractivity (Wildman–Crippen MR) is 58.1 cm³/mol. The van der Waals surface area contributed by atoms with E-state index in [9.17, 15) is 0 Å². The second kappa shape index (κ2) is 4.72. The van der Waals surface area contributed by atoms with Crippen LogP contribution < -0.4 is 5.32 Å². The lowest BCUT2D eigenvalue weighted by molar-refractivity contribution is 0.548. The molecule has 1 rings (SSSR count). The number of nitrogens with zero attached hydrogens (tertiary/aromatic N) is 1. The molecule has 0 aliphatic carbocycles. The third-order valence-electron chi connectivity index (χ3n) is 1.84. The van der Waals surface area contributed by atoms with Gasteiger partial charge in [-0.2, -0.15) is 0 Å². The smallest absolute Gasteiger partial charge is 0.0900 e. The van der Waals surface area contributed by atoms with Gasteiger partial charge in [0.1, 0.15) is 0 Å². The van der Waals surface area contributed by atoms with Crippen LogP contribution >= 0.6 is 11.3 Å². The fraction of sp³-hybridized carbons (Fsp3) is 0.700. The third kappa shape index (κ3) is 3.44. The Morgan fingerprint density at radius 3 is 2.54 bits per heavy atom. The van der Waals surface area contributed by atoms with Crippen molar-refractivity contribution in [1.29, 1.82) is 0 Å². The van der Waals surface area contributed by atoms with E-state index in [1.807, 2.05) is 0 Å². The summed E-state index contributed by atoms with van der Waals surface area (Å²) in [7, 11) is 0. The van der Waals surface area contributed by atoms with Crippen LogP contribution in [-0.4, -0.2) is 11.5 Å². The van der Waals surface area contributed by atoms with Crippen LogP contribution in [-0.2, 0) is 6.54 Å². The molecule has 0 aliphatic rings. The lowest BCUT2D eigenvalue weighted by Gasteiger charge is -2.05. The fourth-order valence-corrected chi connectivity index (χ4v) is 2.05. The first-order valence-corrected chi connectivity index (χ1v) is 5.55. The van der Waals surface area contributed by atoms with E-state index in [4.69, 9.17) is 0 Å². The Hall–Kier alpha value is -0.410. The lowest BCUT2D eigenvalue weighted by Crippen LogP contribution is -2.19. The minimum Gasteiger partial charge on any atom is -0.311 e. The summed E-state index contributed by atoms with van der Waals surface area (Å²) < 4.78 is 0. The molecule has 0 saturated carbocycles. The van der Waals surface area contributed by atoms with E-state index < -0.39 is 0 Å². The molecule has 0 amide bonds. The molecule has 0 aromatic carbocycles. The van der Waals surface area contributed by atoms with E-state index in [1.54, 1.807) is 11.3 Å². The number of hydrogen-bond donors (Lipinski definition) is 1. The number of rotatable bonds is 4. The van der Waals surface area contributed by atoms with Crippen molar-refractivity contribution in [2.45, 2.75) is 34.2 Å². The van der Waals surface area contributed by atoms with Gasteiger partial charge in [0.05, 0.1) is 10.7 Å². The van der Waals surface area contributed by atoms with Crippen LogP contribution in [0.2, 0.25) is 0 Å². The Morgan fingerprint density at radius 1 is 1.38 bits per heavy atom. The summed E-state index contributed by atoms with van der Waals surface area (Å²) in [5.74, 6) is 0.708. The molecule has 0 aliphatic heterocycles. The van der Waals surface area contributed by atoms with Crippen molar-refractivity contribution in [3.05, 3.63) is 15.6 Å². The highest BCUT2D eigenvalue weighted by atomic mass is 32.1. The molecule has 1 heterocycles. The lowest BCUT2D eigenvalue weighted by atomic mass is 10.2. The van der Waals surface area contributed by atoms with Gasteiger partial charge >= 0.3 is 0 Å². The van der Waals surface area contributed by atoms with Crippen molar-refractivity contribution in [3.63, 3.8) is 0 Å². The zero-order valence-corrected chi connectivity index (χ0v) is 9.66. The maximum absolute atomic E-state index is 4.46. The summed E-state index contributed by atoms with van der Waals surface area (Å²) in [6, 6.07) is 0. The molecule has 74 valence electrons. The molecule has 0 bridgehead atoms. The Balaban J connectivity index is 2.40. The van der Waals surface area contributed by atoms with E-state index in [0.29, 0.717) is 5.92 Å². The predicted octanol–water partition coefficient (Wildman–Crippen LogP) is 2.51. The van der Waals surface area contributed by atoms with Gasteiger partial charge in [0.15, 0.2) is 0 Å². The SMILES string of the molecule is Cc1nc(CNCC(C)C)c(C)s1. The molecule has 0 saturated heterocycles. The van der Waals surface area contributed by atoms with Crippen LogP contribution in [0, 0.1) is 19.8 Å². The van der Waals surface area contributed by atoms with Gasteiger partial charge in [-0.3, -0.25) is 0 Å². The van der Waals surface area contributed by atoms with Gasteiger partial charge < -0.3 is 5.32 Å². The van der Waals surface area contributed by atoms with E-state index in [2.05, 4.69) is 38.0 Å². The molecule has 3 heteroatoms. The Bertz CT molecular complexity index is 266. The zero-order chi connectivity index (χ0) is 9.84. The van der Waals surface area contributed by atoms with Crippen LogP contribution in [0.1, 0.15) is 29.4 Å². The van der Waals surface area contributed by atoms with Crippen LogP contribution in [0.15, 0.2) is 0 Å². The number of nitrogens with one attached hydrogen (secondary N) is 1. The van der Waals surface area contributed by atoms with Crippen molar-refractivity contribution in [3.8, 4) is 0 Å². The summed E-state index contributed by atoms with van der Waals surface area (Å²) >= 11 is 1.78. The van der Waals surface area contributed by atoms with Gasteiger partial charge in [-0.25, -0.2) is 4.98 Å². The van der Waals surface area contributed by atoms with Gasteiger partial charge in [-0.15, -0.1) is 11.3 Å². The number of aromatic nitrogens is 1. The summed E-state index contributed by atoms with van der Waals surface area (Å²) in [5.41, 5.74) is 1.21. The normalized spacial score (nSPS) is 11.2. The van der Waals surface area contributed by atoms with Crippen molar-refractivity contribution in [2.24, 2.45) is 5.92 Å². The van der Waals surface area contributed by atoms with Gasteiger partial charge in [0, 0.05) is 11.4 Å². The number of hydrogen-bond acceptors (Lipinski definition) is 3. The molecule has 0 unspecified atom stereocenters. The van der Waals surface area contributed by atoms with Crippen molar-refractivity contribution >= 4 is 11.3 Å². The van der Waals surface area contributed by atoms with Gasteiger partial charge in [-0.1, -0.05) is 13.8 Å². The highest BCUT2D eigenvalue weighted by Crippen LogP contribution is 2.15. The van der Waals surface area contributed by atoms with Gasteiger partial charge in [-0.05, 0) is 26.3 Å². The van der Waals surface area contributed by atoms with Crippen molar-refractivity contribution in [2.75, 3.05) is 6.54 Å². The minimum absolute atomic E-state index is 0.708. The third-order valence-corrected chi connectivity index (χ3v) is 2.77. The highest BCUT2D eigenvalue weighted by Gasteiger charge is 2.03. The minimum atomic E-state index is 0.708. The Labute approximate surface area is 84.4 Å². The summed E-state index contributed by atoms with van der Waals surface area (Å²) in [5, 5.41) is 4.57. The summed E-state index contributed by atoms with van der Waals surface area (Å²) in [6.45, 7) is 10.6. The van der Waals surface area contributed by atoms with Crippen LogP contribution in [0.25, 0.3) is 0 Å². The van der Waals surface area contributed by atoms with Crippen molar-refractivity contribution < 1.29 is 0 Å². The second-order valence-electron chi connectivity index (χ2n) is 3.76. The largest absolute Gasteiger partial charge is 0.311 e. The maximum Gasteiger partial charge on any atom is 0.0900 e. The molecular weight excluding hydrogens is 180 g/mol. The second-order valence-corrected chi connectivity index (χ2v) is 5.17. The first-order valence-electron chi connectivity index (χ1n) is 4.73. The van der Waals surface area contributed by atoms with Gasteiger partial charge in [0.2, 0.25) is 0 Å². The standard InChI is InChI=1S/C10H18N2S/c1-7(2)5-11-6-10-8(3)13-9(4)12-10/h7,11H,5-6H2,1-4H3. The molecule has 1 N–H and O–H groups in total. The molecule has 1 aromatic heterocycles. The molecule has 0 fully saturated rings. The number of aryl methyl sites for hydroxylation is 2. The van der Waals surface area contributed by atoms with E-state index in [-0.39, 0.29) is 0 Å². The summed E-state index contributed by atoms with van der Waals surface area (Å²) in [4.78, 5) is 5.80. The van der Waals surface area contributed by atoms with Crippen molar-refractivity contribution in [1.82, 2.24) is 10.3 Å². The molecule has 13 heavy (non-hydrogen) atoms. The highest BCUT2D eigenvalue weighted by molar-refractivity contribution is 7.11. The molecular formula is C10H18N2S. The summed E-state index contributed by atoms with van der Waals surface area (Å²) in [6.07, 6.45) is 0. The fourth-order valence-electron chi connectivity index (χ4n) is 1.22. The molecule has 0 radical (unpaired) electrons. The van der Waals surface area contributed by atoms with E-state index in [0.717, 1.165) is 13.1 Å². The van der Waals surface area contributed by atoms with E-state index in [1.165, 1.54) is 15.6 Å². The Kier molecular flexibility index (Phi) is 3.88. The average molecular weight is 198 g/mol. The average Bonchev–Trinajstić information content (AvgIpc) is 2.29.